The van der Waals surface area contributed by atoms with E-state index in [0.717, 1.165) is 24.3 Å². The molecule has 0 heterocycles. The Morgan fingerprint density at radius 3 is 1.87 bits per heavy atom. The number of ether oxygens (including phenoxy) is 2. The number of hydrogen-bond acceptors (Lipinski definition) is 19. The predicted octanol–water partition coefficient (Wildman–Crippen LogP) is 2.85. The van der Waals surface area contributed by atoms with Crippen LogP contribution in [0.15, 0.2) is 78.8 Å². The van der Waals surface area contributed by atoms with Gasteiger partial charge in [-0.2, -0.15) is 16.8 Å². The third-order valence-electron chi connectivity index (χ3n) is 6.32. The average molecular weight is 801 g/mol. The van der Waals surface area contributed by atoms with Crippen molar-refractivity contribution >= 4 is 81.6 Å². The zero-order valence-electron chi connectivity index (χ0n) is 26.8. The Morgan fingerprint density at radius 2 is 1.30 bits per heavy atom. The molecule has 0 unspecified atom stereocenters. The van der Waals surface area contributed by atoms with Gasteiger partial charge in [-0.25, -0.2) is 0 Å². The highest BCUT2D eigenvalue weighted by molar-refractivity contribution is 7.86. The number of phenolic OH excluding ortho intramolecular Hbond substituents is 2. The average Bonchev–Trinajstić information content (AvgIpc) is 3.05. The van der Waals surface area contributed by atoms with Gasteiger partial charge in [-0.05, 0) is 35.7 Å². The Morgan fingerprint density at radius 1 is 0.755 bits per heavy atom. The molecule has 0 spiro atoms. The van der Waals surface area contributed by atoms with Crippen LogP contribution in [0.25, 0.3) is 10.8 Å². The second-order valence-corrected chi connectivity index (χ2v) is 13.2. The topological polar surface area (TPSA) is 364 Å². The first-order valence-corrected chi connectivity index (χ1v) is 18.1. The Labute approximate surface area is 300 Å². The number of nitrogen functional groups attached to an aromatic ring is 1. The van der Waals surface area contributed by atoms with Crippen LogP contribution in [0.1, 0.15) is 6.92 Å². The van der Waals surface area contributed by atoms with Crippen LogP contribution >= 0.6 is 0 Å². The third-order valence-corrected chi connectivity index (χ3v) is 8.07. The molecule has 1 amide bonds. The van der Waals surface area contributed by atoms with Gasteiger partial charge >= 0.3 is 10.6 Å². The third kappa shape index (κ3) is 11.1. The maximum Gasteiger partial charge on any atom is 0.425 e. The second kappa shape index (κ2) is 17.6. The van der Waals surface area contributed by atoms with Crippen LogP contribution in [-0.2, 0) is 35.6 Å². The van der Waals surface area contributed by atoms with Crippen LogP contribution in [0, 0.1) is 0 Å². The lowest BCUT2D eigenvalue weighted by Gasteiger charge is -2.13. The molecule has 4 aromatic rings. The largest absolute Gasteiger partial charge is 0.505 e. The van der Waals surface area contributed by atoms with Gasteiger partial charge in [-0.15, -0.1) is 33.1 Å². The van der Waals surface area contributed by atoms with E-state index < -0.39 is 81.4 Å². The maximum atomic E-state index is 12.3. The van der Waals surface area contributed by atoms with Gasteiger partial charge < -0.3 is 41.0 Å². The number of azo groups is 2. The first-order valence-electron chi connectivity index (χ1n) is 14.2. The summed E-state index contributed by atoms with van der Waals surface area (Å²) in [6, 6.07) is 8.97. The van der Waals surface area contributed by atoms with E-state index in [1.807, 2.05) is 0 Å². The van der Waals surface area contributed by atoms with Gasteiger partial charge in [-0.3, -0.25) is 13.9 Å². The number of anilines is 2. The number of hydrogen-bond donors (Lipinski definition) is 8. The number of aliphatic hydroxyl groups excluding tert-OH is 2. The number of nitrogens with two attached hydrogens (primary N) is 1. The summed E-state index contributed by atoms with van der Waals surface area (Å²) in [6.07, 6.45) is 0. The number of aliphatic hydroxyl groups is 2. The Kier molecular flexibility index (Phi) is 13.8. The molecule has 0 saturated heterocycles. The molecule has 4 rings (SSSR count). The van der Waals surface area contributed by atoms with Gasteiger partial charge in [-0.1, -0.05) is 6.07 Å². The summed E-state index contributed by atoms with van der Waals surface area (Å²) in [4.78, 5) is 9.71. The number of nitrogens with one attached hydrogen (secondary N) is 1. The molecular weight excluding hydrogens is 773 g/mol. The minimum Gasteiger partial charge on any atom is -0.505 e. The van der Waals surface area contributed by atoms with Gasteiger partial charge in [0.1, 0.15) is 57.3 Å². The van der Waals surface area contributed by atoms with Gasteiger partial charge in [0.05, 0.1) is 24.3 Å². The SMILES string of the molecule is CC(=O)Nc1ccc(N=Nc2ccc3cc(S(=O)(=O)O)c(N=Nc4cc(OCCO)c(N)cc4OCCO)c(O)c3c2O)c(S(=O)(=O)O)c1.O=S(=O)=O. The lowest BCUT2D eigenvalue weighted by Crippen LogP contribution is -2.07. The Bertz CT molecular complexity index is 2430. The fourth-order valence-corrected chi connectivity index (χ4v) is 5.58. The summed E-state index contributed by atoms with van der Waals surface area (Å²) >= 11 is 0. The summed E-state index contributed by atoms with van der Waals surface area (Å²) in [5.74, 6) is -2.34. The molecule has 284 valence electrons. The minimum atomic E-state index is -5.08. The van der Waals surface area contributed by atoms with E-state index in [1.165, 1.54) is 31.2 Å². The molecule has 53 heavy (non-hydrogen) atoms. The Balaban J connectivity index is 0.00000180. The molecular formula is C28H28N6O16S3. The van der Waals surface area contributed by atoms with Crippen molar-refractivity contribution < 1.29 is 73.3 Å². The first kappa shape index (κ1) is 41.6. The molecule has 0 radical (unpaired) electrons. The van der Waals surface area contributed by atoms with Crippen molar-refractivity contribution in [2.75, 3.05) is 37.5 Å². The summed E-state index contributed by atoms with van der Waals surface area (Å²) in [5.41, 5.74) is 4.25. The number of aromatic hydroxyl groups is 2. The molecule has 25 heteroatoms. The monoisotopic (exact) mass is 800 g/mol. The molecule has 0 atom stereocenters. The summed E-state index contributed by atoms with van der Waals surface area (Å²) in [5, 5.41) is 57.6. The molecule has 4 aromatic carbocycles. The van der Waals surface area contributed by atoms with E-state index in [-0.39, 0.29) is 59.5 Å². The number of carbonyl (C=O) groups excluding carboxylic acids is 1. The van der Waals surface area contributed by atoms with E-state index in [2.05, 4.69) is 25.8 Å². The van der Waals surface area contributed by atoms with E-state index in [9.17, 15) is 46.1 Å². The van der Waals surface area contributed by atoms with E-state index in [1.54, 1.807) is 0 Å². The molecule has 0 aromatic heterocycles. The lowest BCUT2D eigenvalue weighted by molar-refractivity contribution is -0.114. The number of phenols is 2. The number of carbonyl (C=O) groups is 1. The van der Waals surface area contributed by atoms with Gasteiger partial charge in [0, 0.05) is 24.7 Å². The van der Waals surface area contributed by atoms with Crippen molar-refractivity contribution in [3.05, 3.63) is 48.5 Å². The van der Waals surface area contributed by atoms with Crippen LogP contribution in [0.4, 0.5) is 34.1 Å². The summed E-state index contributed by atoms with van der Waals surface area (Å²) in [6.45, 7) is 0.0372. The van der Waals surface area contributed by atoms with E-state index >= 15 is 0 Å². The second-order valence-electron chi connectivity index (χ2n) is 10.0. The normalized spacial score (nSPS) is 11.7. The zero-order chi connectivity index (χ0) is 39.7. The van der Waals surface area contributed by atoms with Crippen molar-refractivity contribution in [2.24, 2.45) is 20.5 Å². The van der Waals surface area contributed by atoms with Crippen molar-refractivity contribution in [2.45, 2.75) is 16.7 Å². The number of fused-ring (bicyclic) bond motifs is 1. The fourth-order valence-electron chi connectivity index (χ4n) is 4.27. The highest BCUT2D eigenvalue weighted by Gasteiger charge is 2.25. The van der Waals surface area contributed by atoms with Crippen molar-refractivity contribution in [1.82, 2.24) is 0 Å². The van der Waals surface area contributed by atoms with Crippen molar-refractivity contribution in [3.8, 4) is 23.0 Å². The Hall–Kier alpha value is -5.83. The number of nitrogens with zero attached hydrogens (tertiary/aromatic N) is 4. The number of amides is 1. The highest BCUT2D eigenvalue weighted by atomic mass is 32.2. The minimum absolute atomic E-state index is 0.0200. The molecule has 0 fully saturated rings. The molecule has 22 nitrogen and oxygen atoms in total. The molecule has 0 bridgehead atoms. The van der Waals surface area contributed by atoms with Crippen LogP contribution in [0.2, 0.25) is 0 Å². The smallest absolute Gasteiger partial charge is 0.425 e. The number of benzene rings is 4. The van der Waals surface area contributed by atoms with Gasteiger partial charge in [0.2, 0.25) is 5.91 Å². The molecule has 0 aliphatic carbocycles. The van der Waals surface area contributed by atoms with Crippen molar-refractivity contribution in [1.29, 1.82) is 0 Å². The fraction of sp³-hybridized carbons (Fsp3) is 0.179. The van der Waals surface area contributed by atoms with E-state index in [0.29, 0.717) is 0 Å². The lowest BCUT2D eigenvalue weighted by atomic mass is 10.1. The zero-order valence-corrected chi connectivity index (χ0v) is 29.3. The van der Waals surface area contributed by atoms with Crippen LogP contribution in [0.3, 0.4) is 0 Å². The molecule has 0 aliphatic rings. The number of rotatable bonds is 13. The standard InChI is InChI=1S/C28H28N6O13S2.O3S/c1-14(37)30-16-3-5-18(23(11-16)48(40,41)42)31-32-19-4-2-15-10-24(49(43,44)45)26(28(39)25(15)27(19)38)34-33-20-13-21(46-8-6-35)17(29)12-22(20)47-9-7-36;1-4(2)3/h2-5,10-13,35-36,38-39H,6-9,29H2,1H3,(H,30,37)(H,40,41,42)(H,43,44,45);. The van der Waals surface area contributed by atoms with Crippen molar-refractivity contribution in [3.63, 3.8) is 0 Å². The summed E-state index contributed by atoms with van der Waals surface area (Å²) in [7, 11) is -13.1. The molecule has 0 saturated carbocycles. The van der Waals surface area contributed by atoms with Crippen LogP contribution < -0.4 is 20.5 Å². The summed E-state index contributed by atoms with van der Waals surface area (Å²) < 4.78 is 104. The molecule has 0 aliphatic heterocycles. The van der Waals surface area contributed by atoms with Crippen LogP contribution in [-0.4, -0.2) is 91.3 Å². The maximum absolute atomic E-state index is 12.3. The van der Waals surface area contributed by atoms with E-state index in [4.69, 9.17) is 32.9 Å². The highest BCUT2D eigenvalue weighted by Crippen LogP contribution is 2.48. The van der Waals surface area contributed by atoms with Gasteiger partial charge in [0.25, 0.3) is 20.2 Å². The molecule has 9 N–H and O–H groups in total. The quantitative estimate of drug-likeness (QED) is 0.0547. The van der Waals surface area contributed by atoms with Crippen LogP contribution in [0.5, 0.6) is 23.0 Å². The first-order chi connectivity index (χ1) is 24.8. The predicted molar refractivity (Wildman–Crippen MR) is 182 cm³/mol. The van der Waals surface area contributed by atoms with Gasteiger partial charge in [0.15, 0.2) is 11.5 Å².